The van der Waals surface area contributed by atoms with E-state index in [-0.39, 0.29) is 6.10 Å². The first kappa shape index (κ1) is 11.5. The van der Waals surface area contributed by atoms with Crippen molar-refractivity contribution in [2.75, 3.05) is 6.61 Å². The van der Waals surface area contributed by atoms with E-state index in [1.54, 1.807) is 0 Å². The summed E-state index contributed by atoms with van der Waals surface area (Å²) in [6, 6.07) is 2.90. The zero-order valence-corrected chi connectivity index (χ0v) is 9.12. The van der Waals surface area contributed by atoms with Gasteiger partial charge in [-0.25, -0.2) is 8.78 Å². The summed E-state index contributed by atoms with van der Waals surface area (Å²) in [6.07, 6.45) is 0.789. The summed E-state index contributed by atoms with van der Waals surface area (Å²) in [4.78, 5) is 0. The van der Waals surface area contributed by atoms with Crippen LogP contribution in [0.5, 0.6) is 0 Å². The Bertz CT molecular complexity index is 363. The van der Waals surface area contributed by atoms with Crippen molar-refractivity contribution in [1.82, 2.24) is 0 Å². The maximum absolute atomic E-state index is 13.0. The molecule has 2 rings (SSSR count). The van der Waals surface area contributed by atoms with Crippen molar-refractivity contribution in [3.05, 3.63) is 35.4 Å². The van der Waals surface area contributed by atoms with Crippen LogP contribution >= 0.6 is 0 Å². The summed E-state index contributed by atoms with van der Waals surface area (Å²) in [5.41, 5.74) is 6.43. The third-order valence-corrected chi connectivity index (χ3v) is 3.07. The maximum atomic E-state index is 13.0. The van der Waals surface area contributed by atoms with Gasteiger partial charge in [0.1, 0.15) is 11.6 Å². The molecule has 88 valence electrons. The minimum atomic E-state index is -0.601. The molecule has 0 spiro atoms. The lowest BCUT2D eigenvalue weighted by molar-refractivity contribution is 0.0723. The number of nitrogens with two attached hydrogens (primary N) is 1. The van der Waals surface area contributed by atoms with Crippen molar-refractivity contribution in [3.8, 4) is 0 Å². The zero-order valence-electron chi connectivity index (χ0n) is 9.12. The standard InChI is InChI=1S/C12H15F2NO/c1-7-2-3-16-12(7)11(15)8-4-9(13)6-10(14)5-8/h4-7,11-12H,2-3,15H2,1H3. The maximum Gasteiger partial charge on any atom is 0.126 e. The Kier molecular flexibility index (Phi) is 3.21. The number of benzene rings is 1. The number of ether oxygens (including phenoxy) is 1. The molecule has 2 N–H and O–H groups in total. The summed E-state index contributed by atoms with van der Waals surface area (Å²) in [6.45, 7) is 2.70. The molecule has 3 unspecified atom stereocenters. The molecule has 1 heterocycles. The first-order valence-corrected chi connectivity index (χ1v) is 5.41. The van der Waals surface area contributed by atoms with Crippen LogP contribution < -0.4 is 5.73 Å². The van der Waals surface area contributed by atoms with Crippen LogP contribution in [0.25, 0.3) is 0 Å². The first-order valence-electron chi connectivity index (χ1n) is 5.41. The molecule has 0 saturated carbocycles. The molecule has 1 aliphatic heterocycles. The fraction of sp³-hybridized carbons (Fsp3) is 0.500. The summed E-state index contributed by atoms with van der Waals surface area (Å²) < 4.78 is 31.6. The van der Waals surface area contributed by atoms with E-state index < -0.39 is 17.7 Å². The Morgan fingerprint density at radius 3 is 2.44 bits per heavy atom. The van der Waals surface area contributed by atoms with Gasteiger partial charge in [0.2, 0.25) is 0 Å². The highest BCUT2D eigenvalue weighted by Crippen LogP contribution is 2.30. The fourth-order valence-electron chi connectivity index (χ4n) is 2.13. The predicted molar refractivity (Wildman–Crippen MR) is 56.8 cm³/mol. The zero-order chi connectivity index (χ0) is 11.7. The van der Waals surface area contributed by atoms with Crippen LogP contribution in [0.1, 0.15) is 24.9 Å². The summed E-state index contributed by atoms with van der Waals surface area (Å²) in [5, 5.41) is 0. The van der Waals surface area contributed by atoms with Gasteiger partial charge >= 0.3 is 0 Å². The lowest BCUT2D eigenvalue weighted by atomic mass is 9.93. The average molecular weight is 227 g/mol. The molecular formula is C12H15F2NO. The molecule has 1 aliphatic rings. The molecule has 1 fully saturated rings. The van der Waals surface area contributed by atoms with Gasteiger partial charge in [-0.05, 0) is 30.0 Å². The lowest BCUT2D eigenvalue weighted by Crippen LogP contribution is -2.30. The second kappa shape index (κ2) is 4.47. The van der Waals surface area contributed by atoms with Crippen LogP contribution in [0, 0.1) is 17.6 Å². The summed E-state index contributed by atoms with van der Waals surface area (Å²) in [5.74, 6) is -0.881. The normalized spacial score (nSPS) is 27.0. The molecule has 0 aliphatic carbocycles. The van der Waals surface area contributed by atoms with Gasteiger partial charge in [0.15, 0.2) is 0 Å². The Hall–Kier alpha value is -1.00. The Morgan fingerprint density at radius 1 is 1.31 bits per heavy atom. The van der Waals surface area contributed by atoms with Crippen LogP contribution in [0.2, 0.25) is 0 Å². The summed E-state index contributed by atoms with van der Waals surface area (Å²) >= 11 is 0. The largest absolute Gasteiger partial charge is 0.376 e. The highest BCUT2D eigenvalue weighted by atomic mass is 19.1. The van der Waals surface area contributed by atoms with Gasteiger partial charge in [0.25, 0.3) is 0 Å². The number of hydrogen-bond acceptors (Lipinski definition) is 2. The Morgan fingerprint density at radius 2 is 1.94 bits per heavy atom. The van der Waals surface area contributed by atoms with E-state index in [0.717, 1.165) is 12.5 Å². The van der Waals surface area contributed by atoms with Gasteiger partial charge in [-0.3, -0.25) is 0 Å². The van der Waals surface area contributed by atoms with E-state index in [2.05, 4.69) is 0 Å². The molecule has 1 aromatic carbocycles. The topological polar surface area (TPSA) is 35.2 Å². The van der Waals surface area contributed by atoms with E-state index in [0.29, 0.717) is 18.1 Å². The molecule has 16 heavy (non-hydrogen) atoms. The van der Waals surface area contributed by atoms with E-state index in [9.17, 15) is 8.78 Å². The highest BCUT2D eigenvalue weighted by molar-refractivity contribution is 5.22. The average Bonchev–Trinajstić information content (AvgIpc) is 2.62. The third-order valence-electron chi connectivity index (χ3n) is 3.07. The van der Waals surface area contributed by atoms with E-state index in [4.69, 9.17) is 10.5 Å². The van der Waals surface area contributed by atoms with Crippen molar-refractivity contribution < 1.29 is 13.5 Å². The number of halogens is 2. The van der Waals surface area contributed by atoms with E-state index in [1.165, 1.54) is 12.1 Å². The first-order chi connectivity index (χ1) is 7.58. The minimum Gasteiger partial charge on any atom is -0.376 e. The Balaban J connectivity index is 2.22. The molecular weight excluding hydrogens is 212 g/mol. The van der Waals surface area contributed by atoms with Crippen LogP contribution in [0.15, 0.2) is 18.2 Å². The van der Waals surface area contributed by atoms with Crippen molar-refractivity contribution in [2.45, 2.75) is 25.5 Å². The van der Waals surface area contributed by atoms with Crippen LogP contribution in [0.3, 0.4) is 0 Å². The number of hydrogen-bond donors (Lipinski definition) is 1. The lowest BCUT2D eigenvalue weighted by Gasteiger charge is -2.22. The Labute approximate surface area is 93.4 Å². The molecule has 2 nitrogen and oxygen atoms in total. The van der Waals surface area contributed by atoms with Gasteiger partial charge in [-0.2, -0.15) is 0 Å². The predicted octanol–water partition coefficient (Wildman–Crippen LogP) is 2.39. The van der Waals surface area contributed by atoms with Gasteiger partial charge in [-0.1, -0.05) is 6.92 Å². The molecule has 3 atom stereocenters. The SMILES string of the molecule is CC1CCOC1C(N)c1cc(F)cc(F)c1. The molecule has 0 amide bonds. The second-order valence-corrected chi connectivity index (χ2v) is 4.33. The molecule has 4 heteroatoms. The second-order valence-electron chi connectivity index (χ2n) is 4.33. The van der Waals surface area contributed by atoms with Gasteiger partial charge in [0, 0.05) is 12.7 Å². The minimum absolute atomic E-state index is 0.152. The molecule has 0 bridgehead atoms. The quantitative estimate of drug-likeness (QED) is 0.842. The van der Waals surface area contributed by atoms with Gasteiger partial charge in [0.05, 0.1) is 12.1 Å². The van der Waals surface area contributed by atoms with Crippen molar-refractivity contribution in [3.63, 3.8) is 0 Å². The van der Waals surface area contributed by atoms with Crippen molar-refractivity contribution in [2.24, 2.45) is 11.7 Å². The third kappa shape index (κ3) is 2.23. The monoisotopic (exact) mass is 227 g/mol. The van der Waals surface area contributed by atoms with Crippen molar-refractivity contribution in [1.29, 1.82) is 0 Å². The number of rotatable bonds is 2. The highest BCUT2D eigenvalue weighted by Gasteiger charge is 2.31. The molecule has 0 radical (unpaired) electrons. The molecule has 1 aromatic rings. The fourth-order valence-corrected chi connectivity index (χ4v) is 2.13. The van der Waals surface area contributed by atoms with Crippen molar-refractivity contribution >= 4 is 0 Å². The molecule has 1 saturated heterocycles. The van der Waals surface area contributed by atoms with E-state index >= 15 is 0 Å². The van der Waals surface area contributed by atoms with Crippen LogP contribution in [-0.4, -0.2) is 12.7 Å². The molecule has 0 aromatic heterocycles. The van der Waals surface area contributed by atoms with Crippen LogP contribution in [0.4, 0.5) is 8.78 Å². The smallest absolute Gasteiger partial charge is 0.126 e. The van der Waals surface area contributed by atoms with Gasteiger partial charge in [-0.15, -0.1) is 0 Å². The van der Waals surface area contributed by atoms with E-state index in [1.807, 2.05) is 6.92 Å². The van der Waals surface area contributed by atoms with Crippen LogP contribution in [-0.2, 0) is 4.74 Å². The summed E-state index contributed by atoms with van der Waals surface area (Å²) in [7, 11) is 0. The van der Waals surface area contributed by atoms with Gasteiger partial charge < -0.3 is 10.5 Å².